The third-order valence-corrected chi connectivity index (χ3v) is 3.08. The number of aromatic hydroxyl groups is 1. The minimum Gasteiger partial charge on any atom is -0.507 e. The van der Waals surface area contributed by atoms with Crippen LogP contribution in [0.15, 0.2) is 30.5 Å². The van der Waals surface area contributed by atoms with Crippen LogP contribution in [0.3, 0.4) is 0 Å². The lowest BCUT2D eigenvalue weighted by molar-refractivity contribution is 0.102. The molecule has 2 aromatic rings. The molecular formula is C13H10Cl2N2O2. The Kier molecular flexibility index (Phi) is 3.93. The van der Waals surface area contributed by atoms with Crippen molar-refractivity contribution in [2.24, 2.45) is 0 Å². The number of carbonyl (C=O) groups excluding carboxylic acids is 1. The number of benzene rings is 1. The Morgan fingerprint density at radius 3 is 2.74 bits per heavy atom. The van der Waals surface area contributed by atoms with E-state index < -0.39 is 5.91 Å². The molecule has 98 valence electrons. The smallest absolute Gasteiger partial charge is 0.259 e. The SMILES string of the molecule is Cc1ccnc(Cl)c1NC(=O)c1cc(Cl)ccc1O. The van der Waals surface area contributed by atoms with E-state index >= 15 is 0 Å². The summed E-state index contributed by atoms with van der Waals surface area (Å²) in [6.45, 7) is 1.79. The van der Waals surface area contributed by atoms with Gasteiger partial charge in [0.15, 0.2) is 5.15 Å². The van der Waals surface area contributed by atoms with Crippen molar-refractivity contribution in [2.75, 3.05) is 5.32 Å². The molecule has 0 radical (unpaired) electrons. The molecule has 2 rings (SSSR count). The predicted molar refractivity (Wildman–Crippen MR) is 75.1 cm³/mol. The second-order valence-corrected chi connectivity index (χ2v) is 4.70. The number of anilines is 1. The van der Waals surface area contributed by atoms with Gasteiger partial charge in [-0.05, 0) is 36.8 Å². The predicted octanol–water partition coefficient (Wildman–Crippen LogP) is 3.65. The monoisotopic (exact) mass is 296 g/mol. The summed E-state index contributed by atoms with van der Waals surface area (Å²) in [5.74, 6) is -0.655. The average molecular weight is 297 g/mol. The van der Waals surface area contributed by atoms with Gasteiger partial charge in [-0.2, -0.15) is 0 Å². The summed E-state index contributed by atoms with van der Waals surface area (Å²) in [6, 6.07) is 5.95. The molecule has 0 unspecified atom stereocenters. The summed E-state index contributed by atoms with van der Waals surface area (Å²) in [5, 5.41) is 12.8. The largest absolute Gasteiger partial charge is 0.507 e. The van der Waals surface area contributed by atoms with Crippen molar-refractivity contribution in [2.45, 2.75) is 6.92 Å². The molecule has 0 spiro atoms. The number of nitrogens with zero attached hydrogens (tertiary/aromatic N) is 1. The third-order valence-electron chi connectivity index (χ3n) is 2.55. The highest BCUT2D eigenvalue weighted by molar-refractivity contribution is 6.33. The van der Waals surface area contributed by atoms with E-state index in [0.717, 1.165) is 5.56 Å². The van der Waals surface area contributed by atoms with Crippen molar-refractivity contribution in [1.82, 2.24) is 4.98 Å². The highest BCUT2D eigenvalue weighted by Gasteiger charge is 2.15. The first kappa shape index (κ1) is 13.6. The van der Waals surface area contributed by atoms with E-state index in [9.17, 15) is 9.90 Å². The van der Waals surface area contributed by atoms with Crippen LogP contribution in [0.1, 0.15) is 15.9 Å². The Hall–Kier alpha value is -1.78. The molecule has 0 aliphatic carbocycles. The van der Waals surface area contributed by atoms with Gasteiger partial charge in [-0.3, -0.25) is 4.79 Å². The first-order valence-corrected chi connectivity index (χ1v) is 6.15. The molecule has 6 heteroatoms. The van der Waals surface area contributed by atoms with E-state index in [-0.39, 0.29) is 16.5 Å². The van der Waals surface area contributed by atoms with Crippen LogP contribution in [-0.2, 0) is 0 Å². The molecule has 1 heterocycles. The van der Waals surface area contributed by atoms with Crippen LogP contribution in [0.2, 0.25) is 10.2 Å². The summed E-state index contributed by atoms with van der Waals surface area (Å²) < 4.78 is 0. The van der Waals surface area contributed by atoms with Crippen molar-refractivity contribution in [1.29, 1.82) is 0 Å². The summed E-state index contributed by atoms with van der Waals surface area (Å²) in [7, 11) is 0. The number of nitrogens with one attached hydrogen (secondary N) is 1. The van der Waals surface area contributed by atoms with Crippen molar-refractivity contribution in [3.63, 3.8) is 0 Å². The number of aromatic nitrogens is 1. The number of rotatable bonds is 2. The van der Waals surface area contributed by atoms with Gasteiger partial charge in [0, 0.05) is 11.2 Å². The van der Waals surface area contributed by atoms with E-state index in [4.69, 9.17) is 23.2 Å². The van der Waals surface area contributed by atoms with Crippen molar-refractivity contribution >= 4 is 34.8 Å². The normalized spacial score (nSPS) is 10.3. The third kappa shape index (κ3) is 2.97. The average Bonchev–Trinajstić information content (AvgIpc) is 2.37. The molecule has 0 aliphatic rings. The topological polar surface area (TPSA) is 62.2 Å². The highest BCUT2D eigenvalue weighted by atomic mass is 35.5. The van der Waals surface area contributed by atoms with Gasteiger partial charge in [0.25, 0.3) is 5.91 Å². The summed E-state index contributed by atoms with van der Waals surface area (Å²) in [6.07, 6.45) is 1.55. The fraction of sp³-hybridized carbons (Fsp3) is 0.0769. The number of phenols is 1. The Balaban J connectivity index is 2.34. The Morgan fingerprint density at radius 2 is 2.05 bits per heavy atom. The highest BCUT2D eigenvalue weighted by Crippen LogP contribution is 2.26. The zero-order valence-electron chi connectivity index (χ0n) is 9.95. The fourth-order valence-corrected chi connectivity index (χ4v) is 1.97. The van der Waals surface area contributed by atoms with Crippen LogP contribution in [-0.4, -0.2) is 16.0 Å². The second kappa shape index (κ2) is 5.47. The van der Waals surface area contributed by atoms with Gasteiger partial charge in [0.05, 0.1) is 11.3 Å². The summed E-state index contributed by atoms with van der Waals surface area (Å²) in [5.41, 5.74) is 1.26. The van der Waals surface area contributed by atoms with Crippen LogP contribution < -0.4 is 5.32 Å². The second-order valence-electron chi connectivity index (χ2n) is 3.91. The number of carbonyl (C=O) groups is 1. The van der Waals surface area contributed by atoms with E-state index in [1.165, 1.54) is 18.2 Å². The zero-order valence-corrected chi connectivity index (χ0v) is 11.5. The van der Waals surface area contributed by atoms with E-state index in [1.807, 2.05) is 0 Å². The van der Waals surface area contributed by atoms with Gasteiger partial charge >= 0.3 is 0 Å². The lowest BCUT2D eigenvalue weighted by Crippen LogP contribution is -2.13. The van der Waals surface area contributed by atoms with Crippen LogP contribution in [0.5, 0.6) is 5.75 Å². The standard InChI is InChI=1S/C13H10Cl2N2O2/c1-7-4-5-16-12(15)11(7)17-13(19)9-6-8(14)2-3-10(9)18/h2-6,18H,1H3,(H,17,19). The quantitative estimate of drug-likeness (QED) is 0.832. The van der Waals surface area contributed by atoms with Crippen LogP contribution in [0.25, 0.3) is 0 Å². The van der Waals surface area contributed by atoms with Crippen LogP contribution >= 0.6 is 23.2 Å². The molecule has 0 bridgehead atoms. The van der Waals surface area contributed by atoms with E-state index in [0.29, 0.717) is 10.7 Å². The number of amides is 1. The maximum atomic E-state index is 12.1. The number of hydrogen-bond donors (Lipinski definition) is 2. The molecule has 0 saturated carbocycles. The number of halogens is 2. The zero-order chi connectivity index (χ0) is 14.0. The molecule has 19 heavy (non-hydrogen) atoms. The molecule has 4 nitrogen and oxygen atoms in total. The molecule has 2 N–H and O–H groups in total. The van der Waals surface area contributed by atoms with Crippen molar-refractivity contribution in [3.8, 4) is 5.75 Å². The maximum Gasteiger partial charge on any atom is 0.259 e. The molecule has 1 amide bonds. The first-order chi connectivity index (χ1) is 8.99. The first-order valence-electron chi connectivity index (χ1n) is 5.40. The van der Waals surface area contributed by atoms with Crippen LogP contribution in [0.4, 0.5) is 5.69 Å². The molecule has 1 aromatic heterocycles. The van der Waals surface area contributed by atoms with Gasteiger partial charge in [0.2, 0.25) is 0 Å². The molecule has 0 fully saturated rings. The molecule has 0 atom stereocenters. The number of pyridine rings is 1. The lowest BCUT2D eigenvalue weighted by atomic mass is 10.1. The number of aryl methyl sites for hydroxylation is 1. The maximum absolute atomic E-state index is 12.1. The van der Waals surface area contributed by atoms with Gasteiger partial charge in [0.1, 0.15) is 5.75 Å². The van der Waals surface area contributed by atoms with Gasteiger partial charge in [-0.15, -0.1) is 0 Å². The number of hydrogen-bond acceptors (Lipinski definition) is 3. The van der Waals surface area contributed by atoms with Gasteiger partial charge in [-0.25, -0.2) is 4.98 Å². The van der Waals surface area contributed by atoms with Crippen molar-refractivity contribution < 1.29 is 9.90 Å². The summed E-state index contributed by atoms with van der Waals surface area (Å²) in [4.78, 5) is 16.0. The number of phenolic OH excluding ortho intramolecular Hbond substituents is 1. The van der Waals surface area contributed by atoms with Gasteiger partial charge < -0.3 is 10.4 Å². The van der Waals surface area contributed by atoms with Crippen molar-refractivity contribution in [3.05, 3.63) is 51.8 Å². The molecule has 0 aliphatic heterocycles. The fourth-order valence-electron chi connectivity index (χ4n) is 1.55. The molecular weight excluding hydrogens is 287 g/mol. The summed E-state index contributed by atoms with van der Waals surface area (Å²) >= 11 is 11.7. The van der Waals surface area contributed by atoms with Gasteiger partial charge in [-0.1, -0.05) is 23.2 Å². The minimum atomic E-state index is -0.502. The van der Waals surface area contributed by atoms with E-state index in [1.54, 1.807) is 19.2 Å². The lowest BCUT2D eigenvalue weighted by Gasteiger charge is -2.10. The minimum absolute atomic E-state index is 0.0758. The van der Waals surface area contributed by atoms with E-state index in [2.05, 4.69) is 10.3 Å². The Morgan fingerprint density at radius 1 is 1.32 bits per heavy atom. The molecule has 1 aromatic carbocycles. The van der Waals surface area contributed by atoms with Crippen LogP contribution in [0, 0.1) is 6.92 Å². The Labute approximate surface area is 120 Å². The Bertz CT molecular complexity index is 624. The molecule has 0 saturated heterocycles.